The Balaban J connectivity index is 1.73. The highest BCUT2D eigenvalue weighted by Crippen LogP contribution is 2.35. The maximum Gasteiger partial charge on any atom is 0.310 e. The highest BCUT2D eigenvalue weighted by molar-refractivity contribution is 7.22. The van der Waals surface area contributed by atoms with E-state index in [0.29, 0.717) is 24.5 Å². The number of fused-ring (bicyclic) bond motifs is 1. The fourth-order valence-corrected chi connectivity index (χ4v) is 5.00. The molecule has 1 aliphatic heterocycles. The number of carbonyl (C=O) groups excluding carboxylic acids is 2. The van der Waals surface area contributed by atoms with Crippen LogP contribution >= 0.6 is 11.3 Å². The number of rotatable bonds is 5. The van der Waals surface area contributed by atoms with E-state index < -0.39 is 0 Å². The summed E-state index contributed by atoms with van der Waals surface area (Å²) in [5.41, 5.74) is 1.39. The summed E-state index contributed by atoms with van der Waals surface area (Å²) in [4.78, 5) is 34.9. The van der Waals surface area contributed by atoms with Crippen LogP contribution in [0.25, 0.3) is 20.7 Å². The smallest absolute Gasteiger partial charge is 0.310 e. The van der Waals surface area contributed by atoms with Crippen LogP contribution in [0, 0.1) is 5.92 Å². The maximum atomic E-state index is 12.9. The van der Waals surface area contributed by atoms with Crippen LogP contribution in [0.4, 0.5) is 5.82 Å². The van der Waals surface area contributed by atoms with E-state index in [2.05, 4.69) is 23.1 Å². The highest BCUT2D eigenvalue weighted by Gasteiger charge is 2.30. The van der Waals surface area contributed by atoms with E-state index in [1.165, 1.54) is 10.1 Å². The molecule has 6 nitrogen and oxygen atoms in total. The van der Waals surface area contributed by atoms with Gasteiger partial charge in [0.25, 0.3) is 5.91 Å². The Hall–Kier alpha value is -2.93. The average molecular weight is 438 g/mol. The van der Waals surface area contributed by atoms with Crippen molar-refractivity contribution in [3.8, 4) is 10.6 Å². The zero-order valence-electron chi connectivity index (χ0n) is 18.1. The van der Waals surface area contributed by atoms with E-state index in [9.17, 15) is 9.59 Å². The molecule has 0 spiro atoms. The lowest BCUT2D eigenvalue weighted by molar-refractivity contribution is -0.148. The summed E-state index contributed by atoms with van der Waals surface area (Å²) in [7, 11) is 3.48. The minimum absolute atomic E-state index is 0.0938. The van der Waals surface area contributed by atoms with Gasteiger partial charge in [-0.2, -0.15) is 0 Å². The van der Waals surface area contributed by atoms with Crippen molar-refractivity contribution in [3.05, 3.63) is 48.0 Å². The molecule has 1 fully saturated rings. The molecule has 1 atom stereocenters. The normalized spacial score (nSPS) is 16.4. The van der Waals surface area contributed by atoms with E-state index in [1.807, 2.05) is 31.2 Å². The first kappa shape index (κ1) is 21.3. The summed E-state index contributed by atoms with van der Waals surface area (Å²) in [6.45, 7) is 3.46. The Morgan fingerprint density at radius 2 is 2.03 bits per heavy atom. The maximum absolute atomic E-state index is 12.9. The van der Waals surface area contributed by atoms with Crippen LogP contribution in [0.2, 0.25) is 0 Å². The molecule has 31 heavy (non-hydrogen) atoms. The van der Waals surface area contributed by atoms with E-state index in [0.717, 1.165) is 30.0 Å². The van der Waals surface area contributed by atoms with Crippen molar-refractivity contribution in [2.45, 2.75) is 19.8 Å². The van der Waals surface area contributed by atoms with Gasteiger partial charge >= 0.3 is 5.97 Å². The van der Waals surface area contributed by atoms with Crippen molar-refractivity contribution in [2.75, 3.05) is 38.7 Å². The summed E-state index contributed by atoms with van der Waals surface area (Å²) in [6, 6.07) is 14.2. The quantitative estimate of drug-likeness (QED) is 0.552. The molecule has 1 aliphatic rings. The third kappa shape index (κ3) is 4.42. The molecular formula is C24H27N3O3S. The zero-order valence-corrected chi connectivity index (χ0v) is 18.9. The van der Waals surface area contributed by atoms with E-state index in [4.69, 9.17) is 9.72 Å². The summed E-state index contributed by atoms with van der Waals surface area (Å²) in [5.74, 6) is 0.172. The van der Waals surface area contributed by atoms with Gasteiger partial charge in [-0.25, -0.2) is 4.98 Å². The first-order valence-corrected chi connectivity index (χ1v) is 11.4. The first-order valence-electron chi connectivity index (χ1n) is 10.6. The lowest BCUT2D eigenvalue weighted by Gasteiger charge is -2.33. The largest absolute Gasteiger partial charge is 0.466 e. The second kappa shape index (κ2) is 9.06. The van der Waals surface area contributed by atoms with Gasteiger partial charge in [-0.15, -0.1) is 11.3 Å². The van der Waals surface area contributed by atoms with Crippen molar-refractivity contribution in [1.29, 1.82) is 0 Å². The topological polar surface area (TPSA) is 62.7 Å². The monoisotopic (exact) mass is 437 g/mol. The molecule has 1 amide bonds. The van der Waals surface area contributed by atoms with Gasteiger partial charge < -0.3 is 14.5 Å². The van der Waals surface area contributed by atoms with Gasteiger partial charge in [0.1, 0.15) is 5.82 Å². The molecule has 0 aliphatic carbocycles. The molecule has 0 bridgehead atoms. The number of ether oxygens (including phenoxy) is 1. The lowest BCUT2D eigenvalue weighted by atomic mass is 9.97. The number of esters is 1. The number of carbonyl (C=O) groups is 2. The second-order valence-electron chi connectivity index (χ2n) is 7.95. The molecule has 3 heterocycles. The molecular weight excluding hydrogens is 410 g/mol. The standard InChI is InChI=1S/C24H27N3O3S/c1-4-30-24(29)17-9-7-13-27(15-17)22-18(23(28)26(2)3)11-12-19(25-22)21-14-16-8-5-6-10-20(16)31-21/h5-6,8,10-12,14,17H,4,7,9,13,15H2,1-3H3. The molecule has 7 heteroatoms. The summed E-state index contributed by atoms with van der Waals surface area (Å²) >= 11 is 1.69. The Bertz CT molecular complexity index is 1080. The SMILES string of the molecule is CCOC(=O)C1CCCN(c2nc(-c3cc4ccccc4s3)ccc2C(=O)N(C)C)C1. The number of hydrogen-bond acceptors (Lipinski definition) is 6. The van der Waals surface area contributed by atoms with Crippen LogP contribution in [0.1, 0.15) is 30.1 Å². The fraction of sp³-hybridized carbons (Fsp3) is 0.375. The van der Waals surface area contributed by atoms with Crippen molar-refractivity contribution in [2.24, 2.45) is 5.92 Å². The van der Waals surface area contributed by atoms with Gasteiger partial charge in [0.05, 0.1) is 28.7 Å². The number of thiophene rings is 1. The predicted octanol–water partition coefficient (Wildman–Crippen LogP) is 4.44. The molecule has 0 radical (unpaired) electrons. The number of piperidine rings is 1. The van der Waals surface area contributed by atoms with E-state index in [1.54, 1.807) is 30.3 Å². The summed E-state index contributed by atoms with van der Waals surface area (Å²) < 4.78 is 6.45. The van der Waals surface area contributed by atoms with Gasteiger partial charge in [-0.3, -0.25) is 9.59 Å². The Labute approximate surface area is 186 Å². The minimum atomic E-state index is -0.203. The van der Waals surface area contributed by atoms with Gasteiger partial charge in [0, 0.05) is 31.9 Å². The Morgan fingerprint density at radius 3 is 2.77 bits per heavy atom. The van der Waals surface area contributed by atoms with Crippen molar-refractivity contribution < 1.29 is 14.3 Å². The van der Waals surface area contributed by atoms with Gasteiger partial charge in [-0.1, -0.05) is 18.2 Å². The number of benzene rings is 1. The molecule has 162 valence electrons. The van der Waals surface area contributed by atoms with Crippen LogP contribution in [-0.4, -0.2) is 55.6 Å². The molecule has 1 aromatic carbocycles. The molecule has 0 N–H and O–H groups in total. The molecule has 0 saturated carbocycles. The number of amides is 1. The second-order valence-corrected chi connectivity index (χ2v) is 9.04. The summed E-state index contributed by atoms with van der Waals surface area (Å²) in [6.07, 6.45) is 1.65. The average Bonchev–Trinajstić information content (AvgIpc) is 3.23. The van der Waals surface area contributed by atoms with Crippen molar-refractivity contribution in [3.63, 3.8) is 0 Å². The van der Waals surface area contributed by atoms with Crippen molar-refractivity contribution >= 4 is 39.1 Å². The van der Waals surface area contributed by atoms with Gasteiger partial charge in [0.2, 0.25) is 0 Å². The van der Waals surface area contributed by atoms with Crippen LogP contribution in [0.3, 0.4) is 0 Å². The molecule has 1 unspecified atom stereocenters. The number of pyridine rings is 1. The number of hydrogen-bond donors (Lipinski definition) is 0. The number of nitrogens with zero attached hydrogens (tertiary/aromatic N) is 3. The Morgan fingerprint density at radius 1 is 1.23 bits per heavy atom. The summed E-state index contributed by atoms with van der Waals surface area (Å²) in [5, 5.41) is 1.18. The molecule has 1 saturated heterocycles. The van der Waals surface area contributed by atoms with E-state index >= 15 is 0 Å². The lowest BCUT2D eigenvalue weighted by Crippen LogP contribution is -2.41. The van der Waals surface area contributed by atoms with Crippen LogP contribution in [-0.2, 0) is 9.53 Å². The third-order valence-corrected chi connectivity index (χ3v) is 6.67. The van der Waals surface area contributed by atoms with Gasteiger partial charge in [-0.05, 0) is 49.4 Å². The molecule has 4 rings (SSSR count). The van der Waals surface area contributed by atoms with Crippen molar-refractivity contribution in [1.82, 2.24) is 9.88 Å². The molecule has 3 aromatic rings. The van der Waals surface area contributed by atoms with Gasteiger partial charge in [0.15, 0.2) is 0 Å². The fourth-order valence-electron chi connectivity index (χ4n) is 3.96. The Kier molecular flexibility index (Phi) is 6.23. The van der Waals surface area contributed by atoms with Crippen LogP contribution in [0.15, 0.2) is 42.5 Å². The third-order valence-electron chi connectivity index (χ3n) is 5.53. The predicted molar refractivity (Wildman–Crippen MR) is 125 cm³/mol. The van der Waals surface area contributed by atoms with E-state index in [-0.39, 0.29) is 17.8 Å². The van der Waals surface area contributed by atoms with Crippen LogP contribution in [0.5, 0.6) is 0 Å². The zero-order chi connectivity index (χ0) is 22.0. The molecule has 2 aromatic heterocycles. The number of aromatic nitrogens is 1. The minimum Gasteiger partial charge on any atom is -0.466 e. The van der Waals surface area contributed by atoms with Crippen LogP contribution < -0.4 is 4.90 Å². The highest BCUT2D eigenvalue weighted by atomic mass is 32.1. The first-order chi connectivity index (χ1) is 15.0. The number of anilines is 1.